The van der Waals surface area contributed by atoms with Gasteiger partial charge in [-0.05, 0) is 12.8 Å². The summed E-state index contributed by atoms with van der Waals surface area (Å²) in [5.41, 5.74) is -1.54. The lowest BCUT2D eigenvalue weighted by Gasteiger charge is -2.28. The van der Waals surface area contributed by atoms with Crippen molar-refractivity contribution in [3.05, 3.63) is 0 Å². The maximum atomic E-state index is 11.8. The average Bonchev–Trinajstić information content (AvgIpc) is 2.34. The molecule has 0 spiro atoms. The molecule has 0 aromatic rings. The second-order valence-electron chi connectivity index (χ2n) is 4.61. The molecule has 0 atom stereocenters. The van der Waals surface area contributed by atoms with Crippen LogP contribution in [0.1, 0.15) is 19.3 Å². The Bertz CT molecular complexity index is 544. The van der Waals surface area contributed by atoms with Crippen LogP contribution in [0.15, 0.2) is 0 Å². The average molecular weight is 361 g/mol. The first-order chi connectivity index (χ1) is 9.96. The Balaban J connectivity index is 5.06. The summed E-state index contributed by atoms with van der Waals surface area (Å²) in [6.07, 6.45) is 1.26. The van der Waals surface area contributed by atoms with Crippen molar-refractivity contribution in [3.8, 4) is 0 Å². The minimum atomic E-state index is -3.74. The number of nitrogens with two attached hydrogens (primary N) is 1. The summed E-state index contributed by atoms with van der Waals surface area (Å²) < 4.78 is 52.7. The Morgan fingerprint density at radius 2 is 1.45 bits per heavy atom. The normalized spacial score (nSPS) is 12.9. The lowest BCUT2D eigenvalue weighted by atomic mass is 9.79. The van der Waals surface area contributed by atoms with Crippen LogP contribution in [0.4, 0.5) is 0 Å². The summed E-state index contributed by atoms with van der Waals surface area (Å²) in [6, 6.07) is 0. The molecule has 0 fully saturated rings. The number of aldehydes is 1. The summed E-state index contributed by atoms with van der Waals surface area (Å²) in [7, 11) is -7.47. The third-order valence-electron chi connectivity index (χ3n) is 2.77. The van der Waals surface area contributed by atoms with Crippen LogP contribution in [0.3, 0.4) is 0 Å². The van der Waals surface area contributed by atoms with Crippen LogP contribution in [0.5, 0.6) is 0 Å². The molecule has 0 aliphatic rings. The predicted molar refractivity (Wildman–Crippen MR) is 74.2 cm³/mol. The third kappa shape index (κ3) is 8.38. The van der Waals surface area contributed by atoms with Crippen LogP contribution in [0, 0.1) is 5.41 Å². The van der Waals surface area contributed by atoms with E-state index in [4.69, 9.17) is 5.90 Å². The molecule has 12 heteroatoms. The van der Waals surface area contributed by atoms with Crippen molar-refractivity contribution in [2.24, 2.45) is 11.3 Å². The van der Waals surface area contributed by atoms with Crippen molar-refractivity contribution in [2.75, 3.05) is 25.7 Å². The van der Waals surface area contributed by atoms with Gasteiger partial charge < -0.3 is 9.63 Å². The van der Waals surface area contributed by atoms with Crippen LogP contribution in [0.2, 0.25) is 0 Å². The first-order valence-electron chi connectivity index (χ1n) is 5.99. The zero-order chi connectivity index (χ0) is 17.4. The fourth-order valence-electron chi connectivity index (χ4n) is 1.68. The maximum absolute atomic E-state index is 11.8. The third-order valence-corrected chi connectivity index (χ3v) is 3.96. The first-order valence-corrected chi connectivity index (χ1v) is 9.63. The van der Waals surface area contributed by atoms with Crippen molar-refractivity contribution >= 4 is 32.5 Å². The number of carbonyl (C=O) groups excluding carboxylic acids is 2. The highest BCUT2D eigenvalue weighted by Crippen LogP contribution is 2.32. The van der Waals surface area contributed by atoms with E-state index in [1.54, 1.807) is 0 Å². The summed E-state index contributed by atoms with van der Waals surface area (Å²) >= 11 is 0. The Morgan fingerprint density at radius 1 is 1.05 bits per heavy atom. The highest BCUT2D eigenvalue weighted by Gasteiger charge is 2.40. The van der Waals surface area contributed by atoms with Gasteiger partial charge in [-0.2, -0.15) is 22.7 Å². The van der Waals surface area contributed by atoms with Gasteiger partial charge in [-0.25, -0.2) is 4.79 Å². The molecule has 0 aromatic heterocycles. The molecule has 0 radical (unpaired) electrons. The van der Waals surface area contributed by atoms with E-state index in [0.29, 0.717) is 6.29 Å². The quantitative estimate of drug-likeness (QED) is 0.267. The fraction of sp³-hybridized carbons (Fsp3) is 0.800. The molecule has 22 heavy (non-hydrogen) atoms. The van der Waals surface area contributed by atoms with Gasteiger partial charge in [0, 0.05) is 6.42 Å². The highest BCUT2D eigenvalue weighted by atomic mass is 32.2. The van der Waals surface area contributed by atoms with Gasteiger partial charge in [0.2, 0.25) is 0 Å². The van der Waals surface area contributed by atoms with E-state index >= 15 is 0 Å². The topological polar surface area (TPSA) is 156 Å². The number of rotatable bonds is 11. The minimum Gasteiger partial charge on any atom is -0.373 e. The van der Waals surface area contributed by atoms with Crippen molar-refractivity contribution in [1.29, 1.82) is 0 Å². The van der Waals surface area contributed by atoms with E-state index in [-0.39, 0.29) is 19.3 Å². The summed E-state index contributed by atoms with van der Waals surface area (Å²) in [5, 5.41) is 0. The molecule has 0 rings (SSSR count). The number of hydrogen-bond acceptors (Lipinski definition) is 10. The molecule has 0 aliphatic carbocycles. The molecule has 0 aliphatic heterocycles. The number of carbonyl (C=O) groups is 2. The first kappa shape index (κ1) is 20.9. The molecule has 0 bridgehead atoms. The Morgan fingerprint density at radius 3 is 1.73 bits per heavy atom. The van der Waals surface area contributed by atoms with Crippen molar-refractivity contribution in [3.63, 3.8) is 0 Å². The molecule has 130 valence electrons. The molecule has 0 unspecified atom stereocenters. The van der Waals surface area contributed by atoms with Gasteiger partial charge in [0.25, 0.3) is 20.2 Å². The van der Waals surface area contributed by atoms with Gasteiger partial charge >= 0.3 is 5.97 Å². The van der Waals surface area contributed by atoms with E-state index in [1.165, 1.54) is 0 Å². The summed E-state index contributed by atoms with van der Waals surface area (Å²) in [4.78, 5) is 26.7. The summed E-state index contributed by atoms with van der Waals surface area (Å²) in [6.45, 7) is -0.804. The smallest absolute Gasteiger partial charge is 0.331 e. The fourth-order valence-corrected chi connectivity index (χ4v) is 2.45. The van der Waals surface area contributed by atoms with Crippen LogP contribution in [0.25, 0.3) is 0 Å². The van der Waals surface area contributed by atoms with Crippen molar-refractivity contribution < 1.29 is 39.6 Å². The van der Waals surface area contributed by atoms with E-state index in [1.807, 2.05) is 0 Å². The van der Waals surface area contributed by atoms with Gasteiger partial charge in [0.1, 0.15) is 6.29 Å². The predicted octanol–water partition coefficient (Wildman–Crippen LogP) is -1.29. The molecule has 0 saturated carbocycles. The van der Waals surface area contributed by atoms with Crippen LogP contribution in [-0.4, -0.2) is 54.8 Å². The zero-order valence-electron chi connectivity index (χ0n) is 12.2. The summed E-state index contributed by atoms with van der Waals surface area (Å²) in [5.74, 6) is 3.83. The van der Waals surface area contributed by atoms with E-state index < -0.39 is 44.8 Å². The second-order valence-corrected chi connectivity index (χ2v) is 7.90. The van der Waals surface area contributed by atoms with Gasteiger partial charge in [-0.1, -0.05) is 0 Å². The molecule has 0 saturated heterocycles. The van der Waals surface area contributed by atoms with E-state index in [0.717, 1.165) is 12.5 Å². The zero-order valence-corrected chi connectivity index (χ0v) is 13.8. The molecule has 0 aromatic carbocycles. The molecular formula is C10H19NO9S2. The minimum absolute atomic E-state index is 0.220. The van der Waals surface area contributed by atoms with Crippen LogP contribution in [-0.2, 0) is 43.0 Å². The molecule has 0 amide bonds. The van der Waals surface area contributed by atoms with Gasteiger partial charge in [0.15, 0.2) is 0 Å². The SMILES string of the molecule is CS(=O)(=O)OCCC(CC=O)(CCOS(C)(=O)=O)C(=O)ON. The maximum Gasteiger partial charge on any atom is 0.331 e. The Labute approximate surface area is 129 Å². The van der Waals surface area contributed by atoms with Gasteiger partial charge in [-0.3, -0.25) is 8.37 Å². The Hall–Kier alpha value is -1.08. The molecule has 0 heterocycles. The van der Waals surface area contributed by atoms with Crippen molar-refractivity contribution in [2.45, 2.75) is 19.3 Å². The van der Waals surface area contributed by atoms with Crippen molar-refractivity contribution in [1.82, 2.24) is 0 Å². The van der Waals surface area contributed by atoms with Gasteiger partial charge in [0.05, 0.1) is 31.1 Å². The van der Waals surface area contributed by atoms with E-state index in [2.05, 4.69) is 13.2 Å². The number of hydrogen-bond donors (Lipinski definition) is 1. The van der Waals surface area contributed by atoms with Crippen LogP contribution >= 0.6 is 0 Å². The van der Waals surface area contributed by atoms with E-state index in [9.17, 15) is 26.4 Å². The molecular weight excluding hydrogens is 342 g/mol. The monoisotopic (exact) mass is 361 g/mol. The lowest BCUT2D eigenvalue weighted by Crippen LogP contribution is -2.38. The van der Waals surface area contributed by atoms with Gasteiger partial charge in [-0.15, -0.1) is 0 Å². The highest BCUT2D eigenvalue weighted by molar-refractivity contribution is 7.86. The second kappa shape index (κ2) is 8.53. The standard InChI is InChI=1S/C10H19NO9S2/c1-21(14,15)18-7-4-10(3-6-12,9(13)20-11)5-8-19-22(2,16)17/h6H,3-5,7-8,11H2,1-2H3. The molecule has 2 N–H and O–H groups in total. The lowest BCUT2D eigenvalue weighted by molar-refractivity contribution is -0.159. The Kier molecular flexibility index (Phi) is 8.11. The van der Waals surface area contributed by atoms with Crippen LogP contribution < -0.4 is 5.90 Å². The molecule has 10 nitrogen and oxygen atoms in total. The largest absolute Gasteiger partial charge is 0.373 e.